The highest BCUT2D eigenvalue weighted by Crippen LogP contribution is 2.30. The summed E-state index contributed by atoms with van der Waals surface area (Å²) in [6.45, 7) is 0. The SMILES string of the molecule is N#CC1(NC(=O)c2ccc(Br)cc2Br)CCCC1. The number of nitrogens with zero attached hydrogens (tertiary/aromatic N) is 1. The largest absolute Gasteiger partial charge is 0.334 e. The molecule has 94 valence electrons. The van der Waals surface area contributed by atoms with Crippen molar-refractivity contribution in [2.24, 2.45) is 0 Å². The number of hydrogen-bond donors (Lipinski definition) is 1. The summed E-state index contributed by atoms with van der Waals surface area (Å²) in [6.07, 6.45) is 3.47. The fourth-order valence-electron chi connectivity index (χ4n) is 2.20. The van der Waals surface area contributed by atoms with E-state index in [1.807, 2.05) is 12.1 Å². The van der Waals surface area contributed by atoms with Crippen molar-refractivity contribution in [3.8, 4) is 6.07 Å². The van der Waals surface area contributed by atoms with Gasteiger partial charge < -0.3 is 5.32 Å². The molecule has 2 rings (SSSR count). The molecule has 0 unspecified atom stereocenters. The maximum atomic E-state index is 12.2. The number of benzene rings is 1. The van der Waals surface area contributed by atoms with Crippen LogP contribution in [0.3, 0.4) is 0 Å². The third kappa shape index (κ3) is 2.76. The Morgan fingerprint density at radius 3 is 2.56 bits per heavy atom. The molecule has 1 aromatic rings. The van der Waals surface area contributed by atoms with Crippen molar-refractivity contribution in [2.45, 2.75) is 31.2 Å². The highest BCUT2D eigenvalue weighted by Gasteiger charge is 2.35. The highest BCUT2D eigenvalue weighted by atomic mass is 79.9. The lowest BCUT2D eigenvalue weighted by atomic mass is 9.99. The van der Waals surface area contributed by atoms with Crippen LogP contribution in [0, 0.1) is 11.3 Å². The van der Waals surface area contributed by atoms with E-state index in [1.54, 1.807) is 6.07 Å². The molecule has 5 heteroatoms. The summed E-state index contributed by atoms with van der Waals surface area (Å²) in [5.74, 6) is -0.196. The molecule has 0 bridgehead atoms. The van der Waals surface area contributed by atoms with Crippen LogP contribution in [0.15, 0.2) is 27.1 Å². The van der Waals surface area contributed by atoms with Gasteiger partial charge in [-0.05, 0) is 59.8 Å². The second-order valence-corrected chi connectivity index (χ2v) is 6.25. The van der Waals surface area contributed by atoms with Crippen LogP contribution in [0.2, 0.25) is 0 Å². The van der Waals surface area contributed by atoms with Crippen LogP contribution in [0.1, 0.15) is 36.0 Å². The van der Waals surface area contributed by atoms with Gasteiger partial charge in [-0.1, -0.05) is 15.9 Å². The summed E-state index contributed by atoms with van der Waals surface area (Å²) < 4.78 is 1.63. The fraction of sp³-hybridized carbons (Fsp3) is 0.385. The number of carbonyl (C=O) groups is 1. The molecule has 0 radical (unpaired) electrons. The molecule has 3 nitrogen and oxygen atoms in total. The summed E-state index contributed by atoms with van der Waals surface area (Å²) in [5.41, 5.74) is -0.122. The zero-order chi connectivity index (χ0) is 13.2. The van der Waals surface area contributed by atoms with Gasteiger partial charge in [0.15, 0.2) is 0 Å². The molecule has 0 spiro atoms. The van der Waals surface area contributed by atoms with E-state index in [0.29, 0.717) is 5.56 Å². The van der Waals surface area contributed by atoms with E-state index >= 15 is 0 Å². The minimum atomic E-state index is -0.677. The average Bonchev–Trinajstić information content (AvgIpc) is 2.78. The molecular formula is C13H12Br2N2O. The van der Waals surface area contributed by atoms with Crippen LogP contribution in [0.4, 0.5) is 0 Å². The molecule has 0 heterocycles. The number of amides is 1. The summed E-state index contributed by atoms with van der Waals surface area (Å²) in [6, 6.07) is 7.63. The van der Waals surface area contributed by atoms with Gasteiger partial charge in [-0.3, -0.25) is 4.79 Å². The molecule has 0 aliphatic heterocycles. The van der Waals surface area contributed by atoms with Gasteiger partial charge in [0.1, 0.15) is 5.54 Å². The molecule has 0 atom stereocenters. The molecular weight excluding hydrogens is 360 g/mol. The Morgan fingerprint density at radius 2 is 2.00 bits per heavy atom. The van der Waals surface area contributed by atoms with Crippen molar-refractivity contribution < 1.29 is 4.79 Å². The number of rotatable bonds is 2. The second kappa shape index (κ2) is 5.41. The lowest BCUT2D eigenvalue weighted by molar-refractivity contribution is 0.0920. The molecule has 1 N–H and O–H groups in total. The maximum absolute atomic E-state index is 12.2. The van der Waals surface area contributed by atoms with Crippen LogP contribution < -0.4 is 5.32 Å². The minimum absolute atomic E-state index is 0.196. The van der Waals surface area contributed by atoms with Gasteiger partial charge in [0, 0.05) is 8.95 Å². The van der Waals surface area contributed by atoms with E-state index in [2.05, 4.69) is 43.2 Å². The number of nitriles is 1. The number of hydrogen-bond acceptors (Lipinski definition) is 2. The van der Waals surface area contributed by atoms with Crippen LogP contribution in [0.5, 0.6) is 0 Å². The van der Waals surface area contributed by atoms with Crippen molar-refractivity contribution in [2.75, 3.05) is 0 Å². The molecule has 1 aliphatic carbocycles. The van der Waals surface area contributed by atoms with Crippen LogP contribution in [0.25, 0.3) is 0 Å². The van der Waals surface area contributed by atoms with Gasteiger partial charge in [0.2, 0.25) is 0 Å². The molecule has 1 amide bonds. The van der Waals surface area contributed by atoms with Gasteiger partial charge in [-0.2, -0.15) is 5.26 Å². The first-order chi connectivity index (χ1) is 8.56. The standard InChI is InChI=1S/C13H12Br2N2O/c14-9-3-4-10(11(15)7-9)12(18)17-13(8-16)5-1-2-6-13/h3-4,7H,1-2,5-6H2,(H,17,18). The lowest BCUT2D eigenvalue weighted by Gasteiger charge is -2.22. The summed E-state index contributed by atoms with van der Waals surface area (Å²) >= 11 is 6.71. The van der Waals surface area contributed by atoms with Crippen molar-refractivity contribution >= 4 is 37.8 Å². The van der Waals surface area contributed by atoms with Crippen molar-refractivity contribution in [1.82, 2.24) is 5.32 Å². The number of nitrogens with one attached hydrogen (secondary N) is 1. The summed E-state index contributed by atoms with van der Waals surface area (Å²) in [4.78, 5) is 12.2. The first-order valence-corrected chi connectivity index (χ1v) is 7.34. The van der Waals surface area contributed by atoms with Crippen LogP contribution in [-0.2, 0) is 0 Å². The van der Waals surface area contributed by atoms with Crippen molar-refractivity contribution in [1.29, 1.82) is 5.26 Å². The normalized spacial score (nSPS) is 17.2. The van der Waals surface area contributed by atoms with E-state index in [9.17, 15) is 10.1 Å². The van der Waals surface area contributed by atoms with Gasteiger partial charge >= 0.3 is 0 Å². The van der Waals surface area contributed by atoms with E-state index < -0.39 is 5.54 Å². The summed E-state index contributed by atoms with van der Waals surface area (Å²) in [7, 11) is 0. The highest BCUT2D eigenvalue weighted by molar-refractivity contribution is 9.11. The van der Waals surface area contributed by atoms with E-state index in [1.165, 1.54) is 0 Å². The Kier molecular flexibility index (Phi) is 4.08. The third-order valence-corrected chi connectivity index (χ3v) is 4.35. The Bertz CT molecular complexity index is 516. The topological polar surface area (TPSA) is 52.9 Å². The smallest absolute Gasteiger partial charge is 0.253 e. The summed E-state index contributed by atoms with van der Waals surface area (Å²) in [5, 5.41) is 12.1. The molecule has 1 aromatic carbocycles. The second-order valence-electron chi connectivity index (χ2n) is 4.48. The molecule has 1 fully saturated rings. The van der Waals surface area contributed by atoms with Crippen molar-refractivity contribution in [3.05, 3.63) is 32.7 Å². The van der Waals surface area contributed by atoms with Gasteiger partial charge in [-0.25, -0.2) is 0 Å². The van der Waals surface area contributed by atoms with E-state index in [0.717, 1.165) is 34.6 Å². The Labute approximate surface area is 123 Å². The monoisotopic (exact) mass is 370 g/mol. The Hall–Kier alpha value is -0.860. The van der Waals surface area contributed by atoms with Gasteiger partial charge in [0.05, 0.1) is 11.6 Å². The number of halogens is 2. The first kappa shape index (κ1) is 13.6. The molecule has 0 aromatic heterocycles. The van der Waals surface area contributed by atoms with E-state index in [-0.39, 0.29) is 5.91 Å². The third-order valence-electron chi connectivity index (χ3n) is 3.20. The molecule has 1 saturated carbocycles. The number of carbonyl (C=O) groups excluding carboxylic acids is 1. The lowest BCUT2D eigenvalue weighted by Crippen LogP contribution is -2.45. The predicted octanol–water partition coefficient (Wildman–Crippen LogP) is 3.78. The average molecular weight is 372 g/mol. The van der Waals surface area contributed by atoms with Crippen LogP contribution in [-0.4, -0.2) is 11.4 Å². The Balaban J connectivity index is 2.19. The molecule has 0 saturated heterocycles. The Morgan fingerprint density at radius 1 is 1.33 bits per heavy atom. The zero-order valence-electron chi connectivity index (χ0n) is 9.67. The van der Waals surface area contributed by atoms with Crippen molar-refractivity contribution in [3.63, 3.8) is 0 Å². The maximum Gasteiger partial charge on any atom is 0.253 e. The fourth-order valence-corrected chi connectivity index (χ4v) is 3.43. The molecule has 18 heavy (non-hydrogen) atoms. The first-order valence-electron chi connectivity index (χ1n) is 5.75. The van der Waals surface area contributed by atoms with Gasteiger partial charge in [0.25, 0.3) is 5.91 Å². The quantitative estimate of drug-likeness (QED) is 0.859. The molecule has 1 aliphatic rings. The van der Waals surface area contributed by atoms with E-state index in [4.69, 9.17) is 0 Å². The predicted molar refractivity (Wildman–Crippen MR) is 76.1 cm³/mol. The zero-order valence-corrected chi connectivity index (χ0v) is 12.8. The van der Waals surface area contributed by atoms with Gasteiger partial charge in [-0.15, -0.1) is 0 Å². The van der Waals surface area contributed by atoms with Crippen LogP contribution >= 0.6 is 31.9 Å². The minimum Gasteiger partial charge on any atom is -0.334 e.